The zero-order valence-electron chi connectivity index (χ0n) is 39.0. The number of esters is 1. The van der Waals surface area contributed by atoms with Crippen LogP contribution in [0.2, 0.25) is 0 Å². The fourth-order valence-corrected chi connectivity index (χ4v) is 10.3. The average Bonchev–Trinajstić information content (AvgIpc) is 3.56. The first-order valence-corrected chi connectivity index (χ1v) is 23.2. The van der Waals surface area contributed by atoms with Crippen LogP contribution >= 0.6 is 12.8 Å². The Kier molecular flexibility index (Phi) is 15.2. The van der Waals surface area contributed by atoms with E-state index in [9.17, 15) is 32.3 Å². The van der Waals surface area contributed by atoms with Crippen molar-refractivity contribution in [3.8, 4) is 11.1 Å². The number of ether oxygens (including phenoxy) is 3. The molecule has 3 aromatic rings. The smallest absolute Gasteiger partial charge is 0.406 e. The third-order valence-corrected chi connectivity index (χ3v) is 13.9. The van der Waals surface area contributed by atoms with Gasteiger partial charge >= 0.3 is 12.1 Å². The number of carbonyl (C=O) groups excluding carboxylic acids is 4. The fourth-order valence-electron chi connectivity index (χ4n) is 9.90. The van der Waals surface area contributed by atoms with Gasteiger partial charge in [-0.05, 0) is 71.4 Å². The minimum atomic E-state index is -4.66. The predicted octanol–water partition coefficient (Wildman–Crippen LogP) is 6.93. The number of thiol groups is 1. The molecule has 0 radical (unpaired) electrons. The summed E-state index contributed by atoms with van der Waals surface area (Å²) in [6.07, 6.45) is 0.625. The van der Waals surface area contributed by atoms with E-state index in [1.807, 2.05) is 32.6 Å². The predicted molar refractivity (Wildman–Crippen MR) is 253 cm³/mol. The second-order valence-electron chi connectivity index (χ2n) is 19.1. The SMILES string of the molecule is C=C/C=C\C1=C(N)[C@@H](OC)C2c3c1n(CC(F)(F)F)c1ccc(cc31)-c1cc(F)cc(c1)C[C@H](NC(=O)[C@@H](COC1CN(CC(=O)C=C)C1)C(C)C)C(=O)N1CCCC(C(=O)OCC2(C)C)N1S. The molecule has 18 heteroatoms. The van der Waals surface area contributed by atoms with Crippen molar-refractivity contribution < 1.29 is 51.0 Å². The van der Waals surface area contributed by atoms with Gasteiger partial charge in [0, 0.05) is 66.7 Å². The van der Waals surface area contributed by atoms with Crippen LogP contribution in [0, 0.1) is 23.1 Å². The van der Waals surface area contributed by atoms with Gasteiger partial charge in [-0.1, -0.05) is 84.0 Å². The minimum Gasteiger partial charge on any atom is -0.464 e. The lowest BCUT2D eigenvalue weighted by Gasteiger charge is -2.43. The maximum atomic E-state index is 16.0. The van der Waals surface area contributed by atoms with Crippen molar-refractivity contribution in [3.63, 3.8) is 0 Å². The number of methoxy groups -OCH3 is 1. The summed E-state index contributed by atoms with van der Waals surface area (Å²) in [6.45, 7) is 14.4. The number of cyclic esters (lactones) is 1. The monoisotopic (exact) mass is 964 g/mol. The van der Waals surface area contributed by atoms with E-state index < -0.39 is 71.8 Å². The number of hydrogen-bond acceptors (Lipinski definition) is 11. The molecule has 6 bridgehead atoms. The number of hydrazine groups is 1. The summed E-state index contributed by atoms with van der Waals surface area (Å²) in [4.78, 5) is 57.0. The molecule has 2 aromatic carbocycles. The number of fused-ring (bicyclic) bond motifs is 6. The largest absolute Gasteiger partial charge is 0.464 e. The van der Waals surface area contributed by atoms with E-state index in [1.54, 1.807) is 36.4 Å². The van der Waals surface area contributed by atoms with Crippen molar-refractivity contribution >= 4 is 52.9 Å². The number of ketones is 1. The first kappa shape index (κ1) is 50.6. The second kappa shape index (κ2) is 20.4. The molecule has 4 aliphatic rings. The summed E-state index contributed by atoms with van der Waals surface area (Å²) >= 11 is 4.68. The first-order chi connectivity index (χ1) is 32.2. The zero-order chi connectivity index (χ0) is 49.4. The maximum absolute atomic E-state index is 16.0. The molecule has 2 unspecified atom stereocenters. The quantitative estimate of drug-likeness (QED) is 0.0542. The molecule has 13 nitrogen and oxygen atoms in total. The highest BCUT2D eigenvalue weighted by molar-refractivity contribution is 7.77. The van der Waals surface area contributed by atoms with E-state index in [1.165, 1.54) is 45.4 Å². The molecule has 2 saturated heterocycles. The number of benzene rings is 2. The Labute approximate surface area is 399 Å². The van der Waals surface area contributed by atoms with E-state index in [-0.39, 0.29) is 73.9 Å². The van der Waals surface area contributed by atoms with Gasteiger partial charge in [0.15, 0.2) is 5.78 Å². The lowest BCUT2D eigenvalue weighted by molar-refractivity contribution is -0.165. The summed E-state index contributed by atoms with van der Waals surface area (Å²) in [7, 11) is 1.46. The summed E-state index contributed by atoms with van der Waals surface area (Å²) in [5.74, 6) is -4.25. The number of likely N-dealkylation sites (tertiary alicyclic amines) is 1. The van der Waals surface area contributed by atoms with E-state index in [0.717, 1.165) is 0 Å². The average molecular weight is 965 g/mol. The van der Waals surface area contributed by atoms with Gasteiger partial charge in [0.1, 0.15) is 30.5 Å². The zero-order valence-corrected chi connectivity index (χ0v) is 39.9. The van der Waals surface area contributed by atoms with Crippen molar-refractivity contribution in [2.75, 3.05) is 46.5 Å². The summed E-state index contributed by atoms with van der Waals surface area (Å²) in [5.41, 5.74) is 8.38. The van der Waals surface area contributed by atoms with Gasteiger partial charge in [-0.25, -0.2) is 4.39 Å². The highest BCUT2D eigenvalue weighted by Gasteiger charge is 2.48. The fraction of sp³-hybridized carbons (Fsp3) is 0.480. The third kappa shape index (κ3) is 10.5. The number of nitrogens with one attached hydrogen (secondary N) is 1. The van der Waals surface area contributed by atoms with Crippen LogP contribution in [0.3, 0.4) is 0 Å². The van der Waals surface area contributed by atoms with Gasteiger partial charge in [0.05, 0.1) is 37.5 Å². The van der Waals surface area contributed by atoms with Crippen LogP contribution in [0.4, 0.5) is 17.6 Å². The van der Waals surface area contributed by atoms with E-state index >= 15 is 4.39 Å². The number of amides is 2. The lowest BCUT2D eigenvalue weighted by Crippen LogP contribution is -2.60. The van der Waals surface area contributed by atoms with Crippen LogP contribution in [0.15, 0.2) is 79.6 Å². The molecular formula is C50H60F4N6O7S. The molecule has 1 aromatic heterocycles. The van der Waals surface area contributed by atoms with Gasteiger partial charge in [-0.2, -0.15) is 17.6 Å². The molecule has 366 valence electrons. The van der Waals surface area contributed by atoms with Crippen molar-refractivity contribution in [2.45, 2.75) is 89.9 Å². The standard InChI is InChI=1S/C50H60F4N6O7S/c1-8-10-12-35-43(55)45(65-7)42-41-36-21-30(14-15-39(36)58(44(35)41)26-50(52,53)54)31-17-29(18-32(51)20-31)19-38(47(63)59-16-11-13-40(60(59)68)48(64)67-27-49(42,5)6)56-46(62)37(28(3)4)25-66-34-23-57(24-34)22-33(61)9-2/h8-10,12,14-15,17-18,20-21,28,34,37-38,40,42,45,68H,1-2,11,13,16,19,22-27,55H2,3-7H3,(H,56,62)/b12-10-/t37-,38-,40?,42?,45-/m0/s1. The number of alkyl halides is 3. The number of aromatic nitrogens is 1. The number of halogens is 4. The van der Waals surface area contributed by atoms with Crippen LogP contribution < -0.4 is 11.1 Å². The van der Waals surface area contributed by atoms with Gasteiger partial charge in [-0.3, -0.25) is 29.1 Å². The van der Waals surface area contributed by atoms with Gasteiger partial charge in [0.25, 0.3) is 5.91 Å². The Bertz CT molecular complexity index is 2530. The van der Waals surface area contributed by atoms with Crippen LogP contribution in [-0.4, -0.2) is 119 Å². The topological polar surface area (TPSA) is 149 Å². The third-order valence-electron chi connectivity index (χ3n) is 13.4. The first-order valence-electron chi connectivity index (χ1n) is 22.8. The number of nitrogens with zero attached hydrogens (tertiary/aromatic N) is 4. The normalized spacial score (nSPS) is 23.4. The van der Waals surface area contributed by atoms with E-state index in [0.29, 0.717) is 52.7 Å². The molecule has 7 rings (SSSR count). The highest BCUT2D eigenvalue weighted by atomic mass is 32.1. The van der Waals surface area contributed by atoms with Crippen LogP contribution in [0.25, 0.3) is 27.6 Å². The number of hydrogen-bond donors (Lipinski definition) is 3. The van der Waals surface area contributed by atoms with E-state index in [4.69, 9.17) is 19.9 Å². The molecule has 0 saturated carbocycles. The Morgan fingerprint density at radius 3 is 2.50 bits per heavy atom. The molecule has 3 N–H and O–H groups in total. The van der Waals surface area contributed by atoms with Crippen LogP contribution in [0.1, 0.15) is 63.3 Å². The van der Waals surface area contributed by atoms with Crippen molar-refractivity contribution in [1.82, 2.24) is 24.2 Å². The maximum Gasteiger partial charge on any atom is 0.406 e. The van der Waals surface area contributed by atoms with Crippen molar-refractivity contribution in [1.29, 1.82) is 0 Å². The molecule has 0 spiro atoms. The Morgan fingerprint density at radius 1 is 1.10 bits per heavy atom. The summed E-state index contributed by atoms with van der Waals surface area (Å²) in [5, 5.41) is 4.64. The molecule has 1 aliphatic carbocycles. The number of rotatable bonds is 13. The van der Waals surface area contributed by atoms with Crippen LogP contribution in [0.5, 0.6) is 0 Å². The number of nitrogens with two attached hydrogens (primary N) is 1. The van der Waals surface area contributed by atoms with E-state index in [2.05, 4.69) is 31.3 Å². The molecule has 3 aliphatic heterocycles. The molecular weight excluding hydrogens is 905 g/mol. The molecule has 2 fully saturated rings. The molecule has 68 heavy (non-hydrogen) atoms. The number of allylic oxidation sites excluding steroid dienone is 4. The Morgan fingerprint density at radius 2 is 1.84 bits per heavy atom. The second-order valence-corrected chi connectivity index (χ2v) is 19.5. The minimum absolute atomic E-state index is 0.0341. The highest BCUT2D eigenvalue weighted by Crippen LogP contribution is 2.53. The summed E-state index contributed by atoms with van der Waals surface area (Å²) < 4.78 is 80.6. The Hall–Kier alpha value is -5.27. The van der Waals surface area contributed by atoms with Gasteiger partial charge in [0.2, 0.25) is 5.91 Å². The number of carbonyl (C=O) groups is 4. The van der Waals surface area contributed by atoms with Crippen LogP contribution in [-0.2, 0) is 46.4 Å². The molecule has 4 heterocycles. The molecule has 5 atom stereocenters. The van der Waals surface area contributed by atoms with Gasteiger partial charge < -0.3 is 29.8 Å². The Balaban J connectivity index is 1.34. The molecule has 2 amide bonds. The van der Waals surface area contributed by atoms with Crippen molar-refractivity contribution in [2.24, 2.45) is 23.0 Å². The summed E-state index contributed by atoms with van der Waals surface area (Å²) in [6, 6.07) is 6.81. The van der Waals surface area contributed by atoms with Gasteiger partial charge in [-0.15, -0.1) is 0 Å². The lowest BCUT2D eigenvalue weighted by atomic mass is 9.67. The van der Waals surface area contributed by atoms with Crippen molar-refractivity contribution in [3.05, 3.63) is 102 Å².